The van der Waals surface area contributed by atoms with Crippen LogP contribution in [-0.2, 0) is 14.9 Å². The molecule has 6 heteroatoms. The van der Waals surface area contributed by atoms with Gasteiger partial charge in [-0.1, -0.05) is 4.47 Å². The monoisotopic (exact) mass is 339 g/mol. The Balaban J connectivity index is 2.32. The molecule has 0 aliphatic carbocycles. The van der Waals surface area contributed by atoms with Crippen molar-refractivity contribution in [2.45, 2.75) is 11.3 Å². The minimum atomic E-state index is -3.45. The van der Waals surface area contributed by atoms with E-state index in [1.807, 2.05) is 0 Å². The van der Waals surface area contributed by atoms with Crippen LogP contribution in [0.4, 0.5) is 0 Å². The number of hydroxylamine groups is 1. The van der Waals surface area contributed by atoms with Crippen molar-refractivity contribution in [1.82, 2.24) is 4.47 Å². The molecule has 15 heavy (non-hydrogen) atoms. The summed E-state index contributed by atoms with van der Waals surface area (Å²) in [5, 5.41) is 0. The quantitative estimate of drug-likeness (QED) is 0.770. The molecule has 1 saturated heterocycles. The van der Waals surface area contributed by atoms with Crippen LogP contribution in [0, 0.1) is 3.57 Å². The third-order valence-corrected chi connectivity index (χ3v) is 4.51. The van der Waals surface area contributed by atoms with Crippen molar-refractivity contribution in [2.75, 3.05) is 13.2 Å². The molecule has 0 atom stereocenters. The minimum absolute atomic E-state index is 0.282. The van der Waals surface area contributed by atoms with Crippen LogP contribution in [0.2, 0.25) is 0 Å². The summed E-state index contributed by atoms with van der Waals surface area (Å²) in [6.45, 7) is 0.915. The topological polar surface area (TPSA) is 46.6 Å². The van der Waals surface area contributed by atoms with E-state index in [-0.39, 0.29) is 4.90 Å². The molecule has 0 bridgehead atoms. The zero-order valence-electron chi connectivity index (χ0n) is 7.89. The highest BCUT2D eigenvalue weighted by Gasteiger charge is 2.28. The van der Waals surface area contributed by atoms with Crippen LogP contribution >= 0.6 is 22.6 Å². The summed E-state index contributed by atoms with van der Waals surface area (Å²) in [6, 6.07) is 6.73. The van der Waals surface area contributed by atoms with Gasteiger partial charge in [0.15, 0.2) is 0 Å². The van der Waals surface area contributed by atoms with Crippen molar-refractivity contribution in [3.8, 4) is 0 Å². The van der Waals surface area contributed by atoms with Crippen molar-refractivity contribution in [1.29, 1.82) is 0 Å². The molecule has 1 fully saturated rings. The average Bonchev–Trinajstić information content (AvgIpc) is 2.71. The standard InChI is InChI=1S/C9H10INO3S/c10-8-2-4-9(5-3-8)15(12,13)11-6-1-7-14-11/h2-5H,1,6-7H2. The lowest BCUT2D eigenvalue weighted by molar-refractivity contribution is -0.0284. The summed E-state index contributed by atoms with van der Waals surface area (Å²) in [6.07, 6.45) is 0.754. The molecule has 82 valence electrons. The van der Waals surface area contributed by atoms with Gasteiger partial charge in [0.1, 0.15) is 0 Å². The highest BCUT2D eigenvalue weighted by molar-refractivity contribution is 14.1. The molecule has 1 aromatic rings. The van der Waals surface area contributed by atoms with Crippen LogP contribution < -0.4 is 0 Å². The largest absolute Gasteiger partial charge is 0.284 e. The van der Waals surface area contributed by atoms with Gasteiger partial charge in [-0.25, -0.2) is 8.42 Å². The smallest absolute Gasteiger partial charge is 0.265 e. The maximum Gasteiger partial charge on any atom is 0.265 e. The molecule has 0 spiro atoms. The molecule has 1 aliphatic heterocycles. The van der Waals surface area contributed by atoms with E-state index in [1.165, 1.54) is 0 Å². The number of halogens is 1. The summed E-state index contributed by atoms with van der Waals surface area (Å²) < 4.78 is 26.0. The fourth-order valence-corrected chi connectivity index (χ4v) is 3.00. The first kappa shape index (κ1) is 11.3. The van der Waals surface area contributed by atoms with Gasteiger partial charge in [0.05, 0.1) is 11.5 Å². The Morgan fingerprint density at radius 1 is 1.27 bits per heavy atom. The van der Waals surface area contributed by atoms with Crippen LogP contribution in [-0.4, -0.2) is 26.0 Å². The van der Waals surface area contributed by atoms with E-state index in [0.29, 0.717) is 13.2 Å². The lowest BCUT2D eigenvalue weighted by Gasteiger charge is -2.13. The van der Waals surface area contributed by atoms with Gasteiger partial charge < -0.3 is 0 Å². The maximum absolute atomic E-state index is 11.9. The van der Waals surface area contributed by atoms with E-state index in [1.54, 1.807) is 24.3 Å². The molecule has 0 unspecified atom stereocenters. The average molecular weight is 339 g/mol. The molecule has 1 heterocycles. The number of rotatable bonds is 2. The first-order chi connectivity index (χ1) is 7.10. The molecular weight excluding hydrogens is 329 g/mol. The Bertz CT molecular complexity index is 437. The minimum Gasteiger partial charge on any atom is -0.284 e. The highest BCUT2D eigenvalue weighted by atomic mass is 127. The van der Waals surface area contributed by atoms with Crippen molar-refractivity contribution < 1.29 is 13.3 Å². The molecule has 0 radical (unpaired) electrons. The lowest BCUT2D eigenvalue weighted by Crippen LogP contribution is -2.26. The summed E-state index contributed by atoms with van der Waals surface area (Å²) >= 11 is 2.13. The van der Waals surface area contributed by atoms with Gasteiger partial charge >= 0.3 is 0 Å². The summed E-state index contributed by atoms with van der Waals surface area (Å²) in [5.41, 5.74) is 0. The Morgan fingerprint density at radius 3 is 2.47 bits per heavy atom. The van der Waals surface area contributed by atoms with Crippen molar-refractivity contribution >= 4 is 32.6 Å². The second-order valence-corrected chi connectivity index (χ2v) is 6.25. The van der Waals surface area contributed by atoms with Crippen molar-refractivity contribution in [3.05, 3.63) is 27.8 Å². The van der Waals surface area contributed by atoms with E-state index < -0.39 is 10.0 Å². The van der Waals surface area contributed by atoms with Crippen molar-refractivity contribution in [3.63, 3.8) is 0 Å². The van der Waals surface area contributed by atoms with Crippen molar-refractivity contribution in [2.24, 2.45) is 0 Å². The summed E-state index contributed by atoms with van der Waals surface area (Å²) in [5.74, 6) is 0. The van der Waals surface area contributed by atoms with Crippen LogP contribution in [0.5, 0.6) is 0 Å². The Hall–Kier alpha value is -0.180. The second kappa shape index (κ2) is 4.36. The molecule has 0 amide bonds. The molecule has 1 aliphatic rings. The van der Waals surface area contributed by atoms with Gasteiger partial charge in [-0.2, -0.15) is 0 Å². The predicted molar refractivity (Wildman–Crippen MR) is 63.6 cm³/mol. The first-order valence-corrected chi connectivity index (χ1v) is 7.04. The van der Waals surface area contributed by atoms with Crippen LogP contribution in [0.3, 0.4) is 0 Å². The Labute approximate surface area is 102 Å². The number of nitrogens with zero attached hydrogens (tertiary/aromatic N) is 1. The predicted octanol–water partition coefficient (Wildman–Crippen LogP) is 1.62. The number of benzene rings is 1. The normalized spacial score (nSPS) is 18.2. The molecule has 0 aromatic heterocycles. The van der Waals surface area contributed by atoms with Gasteiger partial charge in [0, 0.05) is 10.1 Å². The number of hydrogen-bond acceptors (Lipinski definition) is 3. The lowest BCUT2D eigenvalue weighted by atomic mass is 10.4. The SMILES string of the molecule is O=S(=O)(c1ccc(I)cc1)N1CCCO1. The highest BCUT2D eigenvalue weighted by Crippen LogP contribution is 2.20. The van der Waals surface area contributed by atoms with Gasteiger partial charge in [-0.15, -0.1) is 0 Å². The summed E-state index contributed by atoms with van der Waals surface area (Å²) in [7, 11) is -3.45. The van der Waals surface area contributed by atoms with Gasteiger partial charge in [-0.3, -0.25) is 4.84 Å². The molecular formula is C9H10INO3S. The maximum atomic E-state index is 11.9. The van der Waals surface area contributed by atoms with E-state index >= 15 is 0 Å². The van der Waals surface area contributed by atoms with E-state index in [2.05, 4.69) is 22.6 Å². The van der Waals surface area contributed by atoms with Gasteiger partial charge in [0.25, 0.3) is 10.0 Å². The van der Waals surface area contributed by atoms with E-state index in [0.717, 1.165) is 14.5 Å². The fourth-order valence-electron chi connectivity index (χ4n) is 1.34. The van der Waals surface area contributed by atoms with Gasteiger partial charge in [0.2, 0.25) is 0 Å². The Kier molecular flexibility index (Phi) is 3.29. The van der Waals surface area contributed by atoms with E-state index in [4.69, 9.17) is 4.84 Å². The van der Waals surface area contributed by atoms with E-state index in [9.17, 15) is 8.42 Å². The molecule has 0 saturated carbocycles. The zero-order chi connectivity index (χ0) is 10.9. The second-order valence-electron chi connectivity index (χ2n) is 3.17. The molecule has 2 rings (SSSR count). The first-order valence-electron chi connectivity index (χ1n) is 4.52. The molecule has 4 nitrogen and oxygen atoms in total. The van der Waals surface area contributed by atoms with Gasteiger partial charge in [-0.05, 0) is 53.3 Å². The van der Waals surface area contributed by atoms with Crippen LogP contribution in [0.15, 0.2) is 29.2 Å². The third-order valence-electron chi connectivity index (χ3n) is 2.10. The van der Waals surface area contributed by atoms with Crippen LogP contribution in [0.25, 0.3) is 0 Å². The summed E-state index contributed by atoms with van der Waals surface area (Å²) in [4.78, 5) is 5.33. The number of hydrogen-bond donors (Lipinski definition) is 0. The zero-order valence-corrected chi connectivity index (χ0v) is 10.9. The van der Waals surface area contributed by atoms with Crippen LogP contribution in [0.1, 0.15) is 6.42 Å². The third kappa shape index (κ3) is 2.32. The fraction of sp³-hybridized carbons (Fsp3) is 0.333. The number of sulfonamides is 1. The molecule has 1 aromatic carbocycles. The Morgan fingerprint density at radius 2 is 1.93 bits per heavy atom. The molecule has 0 N–H and O–H groups in total.